The van der Waals surface area contributed by atoms with Crippen LogP contribution in [-0.4, -0.2) is 13.1 Å². The van der Waals surface area contributed by atoms with Crippen LogP contribution in [0.3, 0.4) is 0 Å². The van der Waals surface area contributed by atoms with Crippen LogP contribution in [0.4, 0.5) is 0 Å². The van der Waals surface area contributed by atoms with Gasteiger partial charge in [-0.1, -0.05) is 32.6 Å². The molecule has 0 amide bonds. The van der Waals surface area contributed by atoms with Gasteiger partial charge in [0.2, 0.25) is 0 Å². The number of unbranched alkanes of at least 4 members (excludes halogenated alkanes) is 3. The highest BCUT2D eigenvalue weighted by Gasteiger charge is 2.34. The first-order chi connectivity index (χ1) is 6.96. The fourth-order valence-electron chi connectivity index (χ4n) is 1.61. The minimum atomic E-state index is -0.457. The van der Waals surface area contributed by atoms with E-state index in [-0.39, 0.29) is 11.9 Å². The minimum absolute atomic E-state index is 0.141. The standard InChI is InChI=1S/C13H25O2/c1-6-7-8-9-10-11(2)13(3,4)12(14)15-5/h11H,2,6-10H2,1,3-5H3. The molecule has 0 bridgehead atoms. The first-order valence-corrected chi connectivity index (χ1v) is 5.88. The van der Waals surface area contributed by atoms with Gasteiger partial charge in [0.05, 0.1) is 12.5 Å². The Labute approximate surface area is 94.4 Å². The third kappa shape index (κ3) is 4.67. The van der Waals surface area contributed by atoms with Crippen molar-refractivity contribution < 1.29 is 9.53 Å². The molecule has 0 aromatic carbocycles. The molecular formula is C13H25O2. The molecule has 89 valence electrons. The molecule has 2 heteroatoms. The second-order valence-electron chi connectivity index (χ2n) is 4.76. The van der Waals surface area contributed by atoms with E-state index in [0.29, 0.717) is 0 Å². The number of methoxy groups -OCH3 is 1. The minimum Gasteiger partial charge on any atom is -0.469 e. The molecule has 1 unspecified atom stereocenters. The van der Waals surface area contributed by atoms with E-state index in [4.69, 9.17) is 4.74 Å². The summed E-state index contributed by atoms with van der Waals surface area (Å²) in [5.74, 6) is -0.0141. The molecule has 2 nitrogen and oxygen atoms in total. The van der Waals surface area contributed by atoms with Crippen molar-refractivity contribution in [2.75, 3.05) is 7.11 Å². The number of carbonyl (C=O) groups excluding carboxylic acids is 1. The number of hydrogen-bond acceptors (Lipinski definition) is 2. The van der Waals surface area contributed by atoms with Gasteiger partial charge in [0.15, 0.2) is 0 Å². The summed E-state index contributed by atoms with van der Waals surface area (Å²) in [4.78, 5) is 11.5. The van der Waals surface area contributed by atoms with Gasteiger partial charge in [-0.15, -0.1) is 0 Å². The van der Waals surface area contributed by atoms with Crippen molar-refractivity contribution in [1.29, 1.82) is 0 Å². The highest BCUT2D eigenvalue weighted by Crippen LogP contribution is 2.31. The molecular weight excluding hydrogens is 188 g/mol. The summed E-state index contributed by atoms with van der Waals surface area (Å²) in [6.07, 6.45) is 5.90. The Kier molecular flexibility index (Phi) is 6.62. The molecule has 15 heavy (non-hydrogen) atoms. The molecule has 0 aliphatic rings. The van der Waals surface area contributed by atoms with Crippen molar-refractivity contribution in [2.24, 2.45) is 11.3 Å². The van der Waals surface area contributed by atoms with Gasteiger partial charge >= 0.3 is 5.97 Å². The summed E-state index contributed by atoms with van der Waals surface area (Å²) in [6, 6.07) is 0. The van der Waals surface area contributed by atoms with Gasteiger partial charge in [-0.3, -0.25) is 4.79 Å². The van der Waals surface area contributed by atoms with Crippen LogP contribution >= 0.6 is 0 Å². The number of ether oxygens (including phenoxy) is 1. The van der Waals surface area contributed by atoms with E-state index < -0.39 is 5.41 Å². The van der Waals surface area contributed by atoms with Gasteiger partial charge in [-0.05, 0) is 33.1 Å². The number of rotatable bonds is 7. The maximum atomic E-state index is 11.5. The topological polar surface area (TPSA) is 26.3 Å². The predicted octanol–water partition coefficient (Wildman–Crippen LogP) is 3.61. The Hall–Kier alpha value is -0.530. The van der Waals surface area contributed by atoms with E-state index in [1.165, 1.54) is 26.4 Å². The van der Waals surface area contributed by atoms with E-state index in [1.807, 2.05) is 13.8 Å². The van der Waals surface area contributed by atoms with Gasteiger partial charge in [0, 0.05) is 0 Å². The average molecular weight is 213 g/mol. The molecule has 0 aromatic rings. The van der Waals surface area contributed by atoms with E-state index in [2.05, 4.69) is 13.8 Å². The van der Waals surface area contributed by atoms with Crippen molar-refractivity contribution in [3.63, 3.8) is 0 Å². The largest absolute Gasteiger partial charge is 0.469 e. The molecule has 0 fully saturated rings. The Morgan fingerprint density at radius 2 is 1.93 bits per heavy atom. The summed E-state index contributed by atoms with van der Waals surface area (Å²) in [7, 11) is 1.44. The highest BCUT2D eigenvalue weighted by molar-refractivity contribution is 5.76. The molecule has 1 radical (unpaired) electrons. The molecule has 0 heterocycles. The first-order valence-electron chi connectivity index (χ1n) is 5.88. The van der Waals surface area contributed by atoms with Gasteiger partial charge in [0.25, 0.3) is 0 Å². The molecule has 0 spiro atoms. The van der Waals surface area contributed by atoms with Gasteiger partial charge < -0.3 is 4.74 Å². The monoisotopic (exact) mass is 213 g/mol. The lowest BCUT2D eigenvalue weighted by Crippen LogP contribution is -2.32. The number of carbonyl (C=O) groups is 1. The van der Waals surface area contributed by atoms with Gasteiger partial charge in [0.1, 0.15) is 0 Å². The lowest BCUT2D eigenvalue weighted by atomic mass is 9.77. The molecule has 0 aliphatic carbocycles. The SMILES string of the molecule is [CH2]C(CCCCCC)C(C)(C)C(=O)OC. The zero-order valence-electron chi connectivity index (χ0n) is 10.6. The lowest BCUT2D eigenvalue weighted by molar-refractivity contribution is -0.153. The van der Waals surface area contributed by atoms with Crippen molar-refractivity contribution in [1.82, 2.24) is 0 Å². The van der Waals surface area contributed by atoms with Crippen LogP contribution in [0.15, 0.2) is 0 Å². The maximum Gasteiger partial charge on any atom is 0.311 e. The fraction of sp³-hybridized carbons (Fsp3) is 0.846. The molecule has 1 atom stereocenters. The summed E-state index contributed by atoms with van der Waals surface area (Å²) in [5, 5.41) is 0. The van der Waals surface area contributed by atoms with Crippen LogP contribution in [-0.2, 0) is 9.53 Å². The Morgan fingerprint density at radius 3 is 2.40 bits per heavy atom. The van der Waals surface area contributed by atoms with Gasteiger partial charge in [-0.25, -0.2) is 0 Å². The highest BCUT2D eigenvalue weighted by atomic mass is 16.5. The summed E-state index contributed by atoms with van der Waals surface area (Å²) in [6.45, 7) is 10.1. The third-order valence-corrected chi connectivity index (χ3v) is 3.14. The second-order valence-corrected chi connectivity index (χ2v) is 4.76. The molecule has 0 aliphatic heterocycles. The Morgan fingerprint density at radius 1 is 1.33 bits per heavy atom. The Bertz CT molecular complexity index is 185. The smallest absolute Gasteiger partial charge is 0.311 e. The van der Waals surface area contributed by atoms with Crippen molar-refractivity contribution in [3.05, 3.63) is 6.92 Å². The van der Waals surface area contributed by atoms with E-state index in [0.717, 1.165) is 12.8 Å². The van der Waals surface area contributed by atoms with Crippen molar-refractivity contribution >= 4 is 5.97 Å². The van der Waals surface area contributed by atoms with Crippen molar-refractivity contribution in [3.8, 4) is 0 Å². The lowest BCUT2D eigenvalue weighted by Gasteiger charge is -2.28. The quantitative estimate of drug-likeness (QED) is 0.477. The fourth-order valence-corrected chi connectivity index (χ4v) is 1.61. The zero-order valence-corrected chi connectivity index (χ0v) is 10.6. The Balaban J connectivity index is 3.96. The molecule has 0 saturated carbocycles. The summed E-state index contributed by atoms with van der Waals surface area (Å²) >= 11 is 0. The van der Waals surface area contributed by atoms with Crippen LogP contribution in [0.5, 0.6) is 0 Å². The molecule has 0 N–H and O–H groups in total. The number of esters is 1. The van der Waals surface area contributed by atoms with Crippen LogP contribution in [0, 0.1) is 18.3 Å². The van der Waals surface area contributed by atoms with Crippen LogP contribution < -0.4 is 0 Å². The van der Waals surface area contributed by atoms with E-state index in [1.54, 1.807) is 0 Å². The maximum absolute atomic E-state index is 11.5. The third-order valence-electron chi connectivity index (χ3n) is 3.14. The van der Waals surface area contributed by atoms with E-state index in [9.17, 15) is 4.79 Å². The second kappa shape index (κ2) is 6.86. The molecule has 0 saturated heterocycles. The van der Waals surface area contributed by atoms with Crippen LogP contribution in [0.2, 0.25) is 0 Å². The first kappa shape index (κ1) is 14.5. The summed E-state index contributed by atoms with van der Waals surface area (Å²) in [5.41, 5.74) is -0.457. The van der Waals surface area contributed by atoms with Crippen LogP contribution in [0.1, 0.15) is 52.9 Å². The zero-order chi connectivity index (χ0) is 11.9. The average Bonchev–Trinajstić information content (AvgIpc) is 2.22. The van der Waals surface area contributed by atoms with Gasteiger partial charge in [-0.2, -0.15) is 0 Å². The molecule has 0 aromatic heterocycles. The predicted molar refractivity (Wildman–Crippen MR) is 63.4 cm³/mol. The summed E-state index contributed by atoms with van der Waals surface area (Å²) < 4.78 is 4.78. The van der Waals surface area contributed by atoms with E-state index >= 15 is 0 Å². The normalized spacial score (nSPS) is 13.7. The molecule has 0 rings (SSSR count). The number of hydrogen-bond donors (Lipinski definition) is 0. The van der Waals surface area contributed by atoms with Crippen molar-refractivity contribution in [2.45, 2.75) is 52.9 Å². The van der Waals surface area contributed by atoms with Crippen LogP contribution in [0.25, 0.3) is 0 Å².